The standard InChI is InChI=1S/C17H23N3/c1-11-3-6-15(12(2)9-11)19-17-8-4-13-10-14(18)5-7-16(13)20-17/h4-5,7-8,10-12,15H,3,6,9,18H2,1-2H3,(H,19,20). The van der Waals surface area contributed by atoms with Crippen LogP contribution in [-0.4, -0.2) is 11.0 Å². The summed E-state index contributed by atoms with van der Waals surface area (Å²) < 4.78 is 0. The number of benzene rings is 1. The summed E-state index contributed by atoms with van der Waals surface area (Å²) in [6.45, 7) is 4.69. The highest BCUT2D eigenvalue weighted by Gasteiger charge is 2.25. The molecule has 3 rings (SSSR count). The van der Waals surface area contributed by atoms with Crippen LogP contribution in [0.15, 0.2) is 30.3 Å². The monoisotopic (exact) mass is 269 g/mol. The summed E-state index contributed by atoms with van der Waals surface area (Å²) in [5.41, 5.74) is 7.59. The van der Waals surface area contributed by atoms with Crippen molar-refractivity contribution in [2.45, 2.75) is 39.2 Å². The third kappa shape index (κ3) is 2.72. The molecule has 2 aromatic rings. The lowest BCUT2D eigenvalue weighted by atomic mass is 9.80. The average molecular weight is 269 g/mol. The molecule has 1 heterocycles. The van der Waals surface area contributed by atoms with E-state index in [1.54, 1.807) is 0 Å². The summed E-state index contributed by atoms with van der Waals surface area (Å²) in [7, 11) is 0. The minimum atomic E-state index is 0.546. The topological polar surface area (TPSA) is 50.9 Å². The Labute approximate surface area is 120 Å². The smallest absolute Gasteiger partial charge is 0.126 e. The minimum absolute atomic E-state index is 0.546. The van der Waals surface area contributed by atoms with Gasteiger partial charge in [-0.3, -0.25) is 0 Å². The van der Waals surface area contributed by atoms with Crippen LogP contribution in [0.3, 0.4) is 0 Å². The molecule has 3 heteroatoms. The van der Waals surface area contributed by atoms with Crippen molar-refractivity contribution < 1.29 is 0 Å². The number of fused-ring (bicyclic) bond motifs is 1. The normalized spacial score (nSPS) is 26.6. The Hall–Kier alpha value is -1.77. The first kappa shape index (κ1) is 13.2. The van der Waals surface area contributed by atoms with Crippen molar-refractivity contribution in [2.24, 2.45) is 11.8 Å². The molecule has 3 unspecified atom stereocenters. The van der Waals surface area contributed by atoms with E-state index in [1.165, 1.54) is 19.3 Å². The zero-order valence-corrected chi connectivity index (χ0v) is 12.3. The quantitative estimate of drug-likeness (QED) is 0.808. The van der Waals surface area contributed by atoms with Crippen molar-refractivity contribution in [3.63, 3.8) is 0 Å². The number of pyridine rings is 1. The fourth-order valence-corrected chi connectivity index (χ4v) is 3.29. The zero-order chi connectivity index (χ0) is 14.1. The molecule has 3 N–H and O–H groups in total. The number of nitrogens with zero attached hydrogens (tertiary/aromatic N) is 1. The van der Waals surface area contributed by atoms with E-state index in [0.29, 0.717) is 12.0 Å². The van der Waals surface area contributed by atoms with Gasteiger partial charge >= 0.3 is 0 Å². The van der Waals surface area contributed by atoms with Gasteiger partial charge in [-0.05, 0) is 61.4 Å². The second-order valence-corrected chi connectivity index (χ2v) is 6.29. The molecule has 1 fully saturated rings. The van der Waals surface area contributed by atoms with Crippen LogP contribution in [0.2, 0.25) is 0 Å². The van der Waals surface area contributed by atoms with Crippen LogP contribution in [0.1, 0.15) is 33.1 Å². The molecule has 0 spiro atoms. The molecule has 0 aliphatic heterocycles. The number of nitrogens with two attached hydrogens (primary N) is 1. The van der Waals surface area contributed by atoms with Gasteiger partial charge in [-0.15, -0.1) is 0 Å². The average Bonchev–Trinajstić information content (AvgIpc) is 2.42. The highest BCUT2D eigenvalue weighted by Crippen LogP contribution is 2.30. The van der Waals surface area contributed by atoms with E-state index in [9.17, 15) is 0 Å². The number of hydrogen-bond donors (Lipinski definition) is 2. The molecule has 1 aliphatic rings. The van der Waals surface area contributed by atoms with Crippen LogP contribution < -0.4 is 11.1 Å². The summed E-state index contributed by atoms with van der Waals surface area (Å²) in [5, 5.41) is 4.71. The Kier molecular flexibility index (Phi) is 3.51. The first-order chi connectivity index (χ1) is 9.61. The summed E-state index contributed by atoms with van der Waals surface area (Å²) >= 11 is 0. The molecule has 1 aliphatic carbocycles. The summed E-state index contributed by atoms with van der Waals surface area (Å²) in [5.74, 6) is 2.55. The molecule has 3 atom stereocenters. The van der Waals surface area contributed by atoms with Gasteiger partial charge in [0.15, 0.2) is 0 Å². The van der Waals surface area contributed by atoms with Crippen molar-refractivity contribution in [1.82, 2.24) is 4.98 Å². The Morgan fingerprint density at radius 3 is 2.80 bits per heavy atom. The SMILES string of the molecule is CC1CCC(Nc2ccc3cc(N)ccc3n2)C(C)C1. The van der Waals surface area contributed by atoms with Gasteiger partial charge in [0, 0.05) is 17.1 Å². The van der Waals surface area contributed by atoms with Gasteiger partial charge in [-0.2, -0.15) is 0 Å². The number of nitrogen functional groups attached to an aromatic ring is 1. The Balaban J connectivity index is 1.79. The summed E-state index contributed by atoms with van der Waals surface area (Å²) in [6, 6.07) is 10.6. The second kappa shape index (κ2) is 5.31. The van der Waals surface area contributed by atoms with E-state index in [2.05, 4.69) is 31.3 Å². The van der Waals surface area contributed by atoms with E-state index in [4.69, 9.17) is 10.7 Å². The van der Waals surface area contributed by atoms with Gasteiger partial charge in [0.2, 0.25) is 0 Å². The van der Waals surface area contributed by atoms with Crippen LogP contribution in [0, 0.1) is 11.8 Å². The van der Waals surface area contributed by atoms with Gasteiger partial charge in [-0.1, -0.05) is 13.8 Å². The molecule has 0 bridgehead atoms. The van der Waals surface area contributed by atoms with Gasteiger partial charge in [0.05, 0.1) is 5.52 Å². The van der Waals surface area contributed by atoms with Crippen LogP contribution >= 0.6 is 0 Å². The maximum atomic E-state index is 5.80. The molecule has 3 nitrogen and oxygen atoms in total. The molecule has 1 aromatic heterocycles. The Morgan fingerprint density at radius 1 is 1.15 bits per heavy atom. The Morgan fingerprint density at radius 2 is 2.00 bits per heavy atom. The molecule has 0 saturated heterocycles. The van der Waals surface area contributed by atoms with E-state index >= 15 is 0 Å². The van der Waals surface area contributed by atoms with E-state index in [1.807, 2.05) is 18.2 Å². The fourth-order valence-electron chi connectivity index (χ4n) is 3.29. The number of anilines is 2. The summed E-state index contributed by atoms with van der Waals surface area (Å²) in [4.78, 5) is 4.70. The third-order valence-corrected chi connectivity index (χ3v) is 4.48. The third-order valence-electron chi connectivity index (χ3n) is 4.48. The number of hydrogen-bond acceptors (Lipinski definition) is 3. The number of nitrogens with one attached hydrogen (secondary N) is 1. The number of rotatable bonds is 2. The maximum absolute atomic E-state index is 5.80. The summed E-state index contributed by atoms with van der Waals surface area (Å²) in [6.07, 6.45) is 3.86. The second-order valence-electron chi connectivity index (χ2n) is 6.29. The van der Waals surface area contributed by atoms with Crippen LogP contribution in [0.5, 0.6) is 0 Å². The van der Waals surface area contributed by atoms with E-state index < -0.39 is 0 Å². The van der Waals surface area contributed by atoms with Crippen molar-refractivity contribution >= 4 is 22.4 Å². The zero-order valence-electron chi connectivity index (χ0n) is 12.3. The van der Waals surface area contributed by atoms with Crippen molar-refractivity contribution in [2.75, 3.05) is 11.1 Å². The first-order valence-corrected chi connectivity index (χ1v) is 7.54. The fraction of sp³-hybridized carbons (Fsp3) is 0.471. The van der Waals surface area contributed by atoms with Gasteiger partial charge in [0.25, 0.3) is 0 Å². The minimum Gasteiger partial charge on any atom is -0.399 e. The molecule has 106 valence electrons. The van der Waals surface area contributed by atoms with Crippen molar-refractivity contribution in [1.29, 1.82) is 0 Å². The molecule has 20 heavy (non-hydrogen) atoms. The molecular formula is C17H23N3. The molecular weight excluding hydrogens is 246 g/mol. The lowest BCUT2D eigenvalue weighted by molar-refractivity contribution is 0.276. The van der Waals surface area contributed by atoms with Gasteiger partial charge < -0.3 is 11.1 Å². The number of aromatic nitrogens is 1. The lowest BCUT2D eigenvalue weighted by Crippen LogP contribution is -2.33. The Bertz CT molecular complexity index is 608. The molecule has 0 radical (unpaired) electrons. The van der Waals surface area contributed by atoms with E-state index in [0.717, 1.165) is 28.3 Å². The van der Waals surface area contributed by atoms with Crippen LogP contribution in [0.25, 0.3) is 10.9 Å². The molecule has 1 saturated carbocycles. The van der Waals surface area contributed by atoms with Gasteiger partial charge in [-0.25, -0.2) is 4.98 Å². The van der Waals surface area contributed by atoms with E-state index in [-0.39, 0.29) is 0 Å². The van der Waals surface area contributed by atoms with Crippen LogP contribution in [-0.2, 0) is 0 Å². The van der Waals surface area contributed by atoms with Crippen molar-refractivity contribution in [3.05, 3.63) is 30.3 Å². The van der Waals surface area contributed by atoms with Crippen LogP contribution in [0.4, 0.5) is 11.5 Å². The highest BCUT2D eigenvalue weighted by molar-refractivity contribution is 5.83. The molecule has 0 amide bonds. The largest absolute Gasteiger partial charge is 0.399 e. The lowest BCUT2D eigenvalue weighted by Gasteiger charge is -2.33. The predicted octanol–water partition coefficient (Wildman–Crippen LogP) is 4.05. The van der Waals surface area contributed by atoms with Crippen molar-refractivity contribution in [3.8, 4) is 0 Å². The molecule has 1 aromatic carbocycles. The van der Waals surface area contributed by atoms with Gasteiger partial charge in [0.1, 0.15) is 5.82 Å². The predicted molar refractivity (Wildman–Crippen MR) is 85.7 cm³/mol. The highest BCUT2D eigenvalue weighted by atomic mass is 15.0. The maximum Gasteiger partial charge on any atom is 0.126 e. The first-order valence-electron chi connectivity index (χ1n) is 7.54.